The molecule has 2 aromatic rings. The Morgan fingerprint density at radius 3 is 2.74 bits per heavy atom. The molecule has 0 saturated carbocycles. The summed E-state index contributed by atoms with van der Waals surface area (Å²) in [5.74, 6) is 0. The number of hydrogen-bond donors (Lipinski definition) is 1. The van der Waals surface area contributed by atoms with E-state index in [9.17, 15) is 4.79 Å². The number of nitrogens with one attached hydrogen (secondary N) is 1. The highest BCUT2D eigenvalue weighted by molar-refractivity contribution is 9.10. The number of rotatable bonds is 6. The molecule has 5 heteroatoms. The number of alkyl carbamates (subject to hydrolysis) is 1. The van der Waals surface area contributed by atoms with Crippen molar-refractivity contribution < 1.29 is 9.53 Å². The molecule has 2 aromatic carbocycles. The third kappa shape index (κ3) is 6.47. The fourth-order valence-corrected chi connectivity index (χ4v) is 2.69. The lowest BCUT2D eigenvalue weighted by atomic mass is 10.2. The van der Waals surface area contributed by atoms with E-state index in [1.54, 1.807) is 0 Å². The Bertz CT molecular complexity index is 674. The van der Waals surface area contributed by atoms with Crippen LogP contribution in [0.25, 0.3) is 6.08 Å². The second kappa shape index (κ2) is 9.38. The third-order valence-corrected chi connectivity index (χ3v) is 3.97. The van der Waals surface area contributed by atoms with Crippen molar-refractivity contribution in [1.82, 2.24) is 5.32 Å². The summed E-state index contributed by atoms with van der Waals surface area (Å²) in [7, 11) is 0. The highest BCUT2D eigenvalue weighted by atomic mass is 79.9. The van der Waals surface area contributed by atoms with E-state index in [1.165, 1.54) is 0 Å². The van der Waals surface area contributed by atoms with E-state index < -0.39 is 6.09 Å². The predicted octanol–water partition coefficient (Wildman–Crippen LogP) is 5.43. The number of amides is 1. The molecular weight excluding hydrogens is 378 g/mol. The van der Waals surface area contributed by atoms with Crippen LogP contribution in [0.4, 0.5) is 4.79 Å². The first-order valence-electron chi connectivity index (χ1n) is 7.21. The summed E-state index contributed by atoms with van der Waals surface area (Å²) in [6, 6.07) is 15.2. The molecule has 0 aromatic heterocycles. The normalized spacial score (nSPS) is 10.7. The Morgan fingerprint density at radius 2 is 2.00 bits per heavy atom. The number of halogens is 2. The summed E-state index contributed by atoms with van der Waals surface area (Å²) < 4.78 is 6.07. The van der Waals surface area contributed by atoms with E-state index in [2.05, 4.69) is 21.2 Å². The number of carbonyl (C=O) groups excluding carboxylic acids is 1. The van der Waals surface area contributed by atoms with Gasteiger partial charge in [-0.3, -0.25) is 0 Å². The van der Waals surface area contributed by atoms with Crippen LogP contribution in [0.5, 0.6) is 0 Å². The summed E-state index contributed by atoms with van der Waals surface area (Å²) in [5.41, 5.74) is 2.01. The number of ether oxygens (including phenoxy) is 1. The maximum absolute atomic E-state index is 11.6. The zero-order valence-electron chi connectivity index (χ0n) is 12.5. The minimum absolute atomic E-state index is 0.278. The summed E-state index contributed by atoms with van der Waals surface area (Å²) in [4.78, 5) is 11.6. The number of carbonyl (C=O) groups is 1. The Hall–Kier alpha value is -1.78. The first-order chi connectivity index (χ1) is 11.1. The van der Waals surface area contributed by atoms with Crippen molar-refractivity contribution in [3.8, 4) is 0 Å². The fourth-order valence-electron chi connectivity index (χ4n) is 1.88. The van der Waals surface area contributed by atoms with Gasteiger partial charge in [0.1, 0.15) is 6.61 Å². The van der Waals surface area contributed by atoms with Crippen molar-refractivity contribution in [2.45, 2.75) is 13.0 Å². The van der Waals surface area contributed by atoms with E-state index in [0.29, 0.717) is 11.6 Å². The standard InChI is InChI=1S/C18H17BrClNO2/c19-17-12-16(20)10-9-15(17)8-4-5-11-21-18(22)23-13-14-6-2-1-3-7-14/h1-4,6-10,12H,5,11,13H2,(H,21,22). The van der Waals surface area contributed by atoms with Crippen molar-refractivity contribution in [1.29, 1.82) is 0 Å². The van der Waals surface area contributed by atoms with Gasteiger partial charge in [-0.05, 0) is 29.7 Å². The van der Waals surface area contributed by atoms with Crippen molar-refractivity contribution in [3.05, 3.63) is 75.2 Å². The molecule has 0 unspecified atom stereocenters. The first kappa shape index (κ1) is 17.6. The van der Waals surface area contributed by atoms with E-state index in [-0.39, 0.29) is 6.61 Å². The molecular formula is C18H17BrClNO2. The second-order valence-electron chi connectivity index (χ2n) is 4.85. The topological polar surface area (TPSA) is 38.3 Å². The molecule has 0 fully saturated rings. The lowest BCUT2D eigenvalue weighted by molar-refractivity contribution is 0.140. The van der Waals surface area contributed by atoms with Crippen LogP contribution in [0.2, 0.25) is 5.02 Å². The van der Waals surface area contributed by atoms with Crippen LogP contribution < -0.4 is 5.32 Å². The van der Waals surface area contributed by atoms with Gasteiger partial charge in [0, 0.05) is 16.0 Å². The van der Waals surface area contributed by atoms with Gasteiger partial charge in [-0.25, -0.2) is 4.79 Å². The average Bonchev–Trinajstić information content (AvgIpc) is 2.55. The molecule has 0 spiro atoms. The van der Waals surface area contributed by atoms with Gasteiger partial charge in [0.05, 0.1) is 0 Å². The van der Waals surface area contributed by atoms with Crippen LogP contribution in [-0.4, -0.2) is 12.6 Å². The molecule has 0 atom stereocenters. The van der Waals surface area contributed by atoms with Gasteiger partial charge < -0.3 is 10.1 Å². The van der Waals surface area contributed by atoms with E-state index in [1.807, 2.05) is 60.7 Å². The van der Waals surface area contributed by atoms with E-state index in [0.717, 1.165) is 22.0 Å². The molecule has 0 radical (unpaired) electrons. The summed E-state index contributed by atoms with van der Waals surface area (Å²) in [6.45, 7) is 0.801. The fraction of sp³-hybridized carbons (Fsp3) is 0.167. The van der Waals surface area contributed by atoms with Gasteiger partial charge in [-0.1, -0.05) is 76.1 Å². The predicted molar refractivity (Wildman–Crippen MR) is 97.4 cm³/mol. The molecule has 23 heavy (non-hydrogen) atoms. The van der Waals surface area contributed by atoms with Crippen LogP contribution in [-0.2, 0) is 11.3 Å². The first-order valence-corrected chi connectivity index (χ1v) is 8.38. The highest BCUT2D eigenvalue weighted by Crippen LogP contribution is 2.22. The zero-order valence-corrected chi connectivity index (χ0v) is 14.8. The SMILES string of the molecule is O=C(NCCC=Cc1ccc(Cl)cc1Br)OCc1ccccc1. The largest absolute Gasteiger partial charge is 0.445 e. The van der Waals surface area contributed by atoms with Crippen LogP contribution >= 0.6 is 27.5 Å². The second-order valence-corrected chi connectivity index (χ2v) is 6.14. The molecule has 1 N–H and O–H groups in total. The molecule has 0 aliphatic heterocycles. The molecule has 0 bridgehead atoms. The van der Waals surface area contributed by atoms with Crippen molar-refractivity contribution in [2.24, 2.45) is 0 Å². The van der Waals surface area contributed by atoms with Crippen LogP contribution in [0.3, 0.4) is 0 Å². The Kier molecular flexibility index (Phi) is 7.17. The minimum Gasteiger partial charge on any atom is -0.445 e. The molecule has 2 rings (SSSR count). The van der Waals surface area contributed by atoms with E-state index in [4.69, 9.17) is 16.3 Å². The molecule has 0 saturated heterocycles. The molecule has 1 amide bonds. The lowest BCUT2D eigenvalue weighted by Gasteiger charge is -2.06. The van der Waals surface area contributed by atoms with Gasteiger partial charge in [-0.15, -0.1) is 0 Å². The maximum Gasteiger partial charge on any atom is 0.407 e. The molecule has 0 aliphatic carbocycles. The average molecular weight is 395 g/mol. The highest BCUT2D eigenvalue weighted by Gasteiger charge is 2.01. The van der Waals surface area contributed by atoms with Crippen molar-refractivity contribution >= 4 is 39.7 Å². The smallest absolute Gasteiger partial charge is 0.407 e. The summed E-state index contributed by atoms with van der Waals surface area (Å²) >= 11 is 9.35. The molecule has 120 valence electrons. The maximum atomic E-state index is 11.6. The summed E-state index contributed by atoms with van der Waals surface area (Å²) in [5, 5.41) is 3.41. The van der Waals surface area contributed by atoms with Gasteiger partial charge in [-0.2, -0.15) is 0 Å². The van der Waals surface area contributed by atoms with Crippen molar-refractivity contribution in [2.75, 3.05) is 6.54 Å². The monoisotopic (exact) mass is 393 g/mol. The van der Waals surface area contributed by atoms with Gasteiger partial charge in [0.25, 0.3) is 0 Å². The third-order valence-electron chi connectivity index (χ3n) is 3.05. The summed E-state index contributed by atoms with van der Waals surface area (Å²) in [6.07, 6.45) is 4.29. The Labute approximate surface area is 149 Å². The van der Waals surface area contributed by atoms with Crippen LogP contribution in [0.1, 0.15) is 17.5 Å². The Morgan fingerprint density at radius 1 is 1.22 bits per heavy atom. The number of hydrogen-bond acceptors (Lipinski definition) is 2. The number of benzene rings is 2. The zero-order chi connectivity index (χ0) is 16.5. The Balaban J connectivity index is 1.66. The molecule has 0 aliphatic rings. The lowest BCUT2D eigenvalue weighted by Crippen LogP contribution is -2.24. The van der Waals surface area contributed by atoms with Crippen LogP contribution in [0.15, 0.2) is 59.1 Å². The molecule has 3 nitrogen and oxygen atoms in total. The van der Waals surface area contributed by atoms with Crippen LogP contribution in [0, 0.1) is 0 Å². The van der Waals surface area contributed by atoms with E-state index >= 15 is 0 Å². The minimum atomic E-state index is -0.407. The van der Waals surface area contributed by atoms with Gasteiger partial charge >= 0.3 is 6.09 Å². The van der Waals surface area contributed by atoms with Gasteiger partial charge in [0.15, 0.2) is 0 Å². The van der Waals surface area contributed by atoms with Gasteiger partial charge in [0.2, 0.25) is 0 Å². The molecule has 0 heterocycles. The quantitative estimate of drug-likeness (QED) is 0.663. The van der Waals surface area contributed by atoms with Crippen molar-refractivity contribution in [3.63, 3.8) is 0 Å².